The van der Waals surface area contributed by atoms with Crippen LogP contribution in [0.15, 0.2) is 65.1 Å². The standard InChI is InChI=1S/C22H16BrN3O3/c23-19-11-18(12-20-21(19)29-9-8-28-20)26-22(27)15-2-1-3-17(10-15)25-16-6-4-14(13-24)5-7-16/h1-7,10-12,25H,8-9H2,(H,26,27). The summed E-state index contributed by atoms with van der Waals surface area (Å²) < 4.78 is 11.9. The summed E-state index contributed by atoms with van der Waals surface area (Å²) in [6, 6.07) is 19.9. The first-order valence-corrected chi connectivity index (χ1v) is 9.69. The van der Waals surface area contributed by atoms with Crippen molar-refractivity contribution in [3.63, 3.8) is 0 Å². The number of halogens is 1. The normalized spacial score (nSPS) is 12.0. The first-order chi connectivity index (χ1) is 14.1. The van der Waals surface area contributed by atoms with Crippen molar-refractivity contribution in [3.05, 3.63) is 76.3 Å². The lowest BCUT2D eigenvalue weighted by atomic mass is 10.1. The van der Waals surface area contributed by atoms with Gasteiger partial charge in [0.05, 0.1) is 16.1 Å². The topological polar surface area (TPSA) is 83.4 Å². The fourth-order valence-corrected chi connectivity index (χ4v) is 3.48. The first-order valence-electron chi connectivity index (χ1n) is 8.90. The van der Waals surface area contributed by atoms with Gasteiger partial charge >= 0.3 is 0 Å². The van der Waals surface area contributed by atoms with Crippen LogP contribution in [0.3, 0.4) is 0 Å². The molecule has 1 aliphatic heterocycles. The molecule has 0 atom stereocenters. The average Bonchev–Trinajstić information content (AvgIpc) is 2.74. The van der Waals surface area contributed by atoms with Crippen LogP contribution in [0.2, 0.25) is 0 Å². The predicted octanol–water partition coefficient (Wildman–Crippen LogP) is 5.09. The summed E-state index contributed by atoms with van der Waals surface area (Å²) in [7, 11) is 0. The van der Waals surface area contributed by atoms with E-state index in [2.05, 4.69) is 32.6 Å². The van der Waals surface area contributed by atoms with Crippen LogP contribution in [-0.4, -0.2) is 19.1 Å². The lowest BCUT2D eigenvalue weighted by molar-refractivity contribution is 0.102. The van der Waals surface area contributed by atoms with Crippen LogP contribution in [0.4, 0.5) is 17.1 Å². The quantitative estimate of drug-likeness (QED) is 0.579. The summed E-state index contributed by atoms with van der Waals surface area (Å²) >= 11 is 3.45. The number of fused-ring (bicyclic) bond motifs is 1. The SMILES string of the molecule is N#Cc1ccc(Nc2cccc(C(=O)Nc3cc(Br)c4c(c3)OCCO4)c2)cc1. The zero-order chi connectivity index (χ0) is 20.2. The number of benzene rings is 3. The maximum atomic E-state index is 12.7. The molecule has 4 rings (SSSR count). The van der Waals surface area contributed by atoms with Crippen LogP contribution in [0.25, 0.3) is 0 Å². The fraction of sp³-hybridized carbons (Fsp3) is 0.0909. The maximum absolute atomic E-state index is 12.7. The lowest BCUT2D eigenvalue weighted by Gasteiger charge is -2.20. The van der Waals surface area contributed by atoms with Crippen molar-refractivity contribution >= 4 is 38.9 Å². The van der Waals surface area contributed by atoms with E-state index in [1.165, 1.54) is 0 Å². The van der Waals surface area contributed by atoms with E-state index in [1.54, 1.807) is 42.5 Å². The Bertz CT molecular complexity index is 1110. The molecule has 0 aliphatic carbocycles. The van der Waals surface area contributed by atoms with Gasteiger partial charge in [0.25, 0.3) is 5.91 Å². The molecule has 0 saturated carbocycles. The number of carbonyl (C=O) groups excluding carboxylic acids is 1. The number of hydrogen-bond acceptors (Lipinski definition) is 5. The molecular formula is C22H16BrN3O3. The third-order valence-electron chi connectivity index (χ3n) is 4.28. The summed E-state index contributed by atoms with van der Waals surface area (Å²) in [6.45, 7) is 0.968. The van der Waals surface area contributed by atoms with Crippen molar-refractivity contribution < 1.29 is 14.3 Å². The molecule has 3 aromatic rings. The van der Waals surface area contributed by atoms with Crippen LogP contribution in [0.5, 0.6) is 11.5 Å². The van der Waals surface area contributed by atoms with Gasteiger partial charge < -0.3 is 20.1 Å². The second kappa shape index (κ2) is 8.25. The molecule has 2 N–H and O–H groups in total. The summed E-state index contributed by atoms with van der Waals surface area (Å²) in [6.07, 6.45) is 0. The van der Waals surface area contributed by atoms with Gasteiger partial charge in [-0.2, -0.15) is 5.26 Å². The number of rotatable bonds is 4. The number of anilines is 3. The zero-order valence-corrected chi connectivity index (χ0v) is 16.8. The Labute approximate surface area is 176 Å². The molecule has 0 bridgehead atoms. The van der Waals surface area contributed by atoms with Crippen LogP contribution < -0.4 is 20.1 Å². The van der Waals surface area contributed by atoms with Gasteiger partial charge in [-0.05, 0) is 64.5 Å². The minimum Gasteiger partial charge on any atom is -0.486 e. The lowest BCUT2D eigenvalue weighted by Crippen LogP contribution is -2.17. The Kier molecular flexibility index (Phi) is 5.36. The number of nitrogens with one attached hydrogen (secondary N) is 2. The zero-order valence-electron chi connectivity index (χ0n) is 15.2. The molecule has 0 aromatic heterocycles. The molecular weight excluding hydrogens is 434 g/mol. The molecule has 0 spiro atoms. The van der Waals surface area contributed by atoms with E-state index in [1.807, 2.05) is 18.2 Å². The molecule has 29 heavy (non-hydrogen) atoms. The second-order valence-corrected chi connectivity index (χ2v) is 7.19. The van der Waals surface area contributed by atoms with Crippen LogP contribution in [0.1, 0.15) is 15.9 Å². The van der Waals surface area contributed by atoms with Crippen LogP contribution in [-0.2, 0) is 0 Å². The van der Waals surface area contributed by atoms with Crippen molar-refractivity contribution in [2.24, 2.45) is 0 Å². The molecule has 0 fully saturated rings. The number of ether oxygens (including phenoxy) is 2. The Morgan fingerprint density at radius 2 is 1.76 bits per heavy atom. The largest absolute Gasteiger partial charge is 0.486 e. The minimum absolute atomic E-state index is 0.239. The average molecular weight is 450 g/mol. The van der Waals surface area contributed by atoms with Gasteiger partial charge in [0.2, 0.25) is 0 Å². The van der Waals surface area contributed by atoms with Crippen molar-refractivity contribution in [2.45, 2.75) is 0 Å². The third-order valence-corrected chi connectivity index (χ3v) is 4.87. The van der Waals surface area contributed by atoms with Gasteiger partial charge in [-0.1, -0.05) is 6.07 Å². The van der Waals surface area contributed by atoms with Crippen molar-refractivity contribution in [3.8, 4) is 17.6 Å². The number of carbonyl (C=O) groups is 1. The Hall–Kier alpha value is -3.50. The van der Waals surface area contributed by atoms with E-state index < -0.39 is 0 Å². The minimum atomic E-state index is -0.239. The highest BCUT2D eigenvalue weighted by atomic mass is 79.9. The fourth-order valence-electron chi connectivity index (χ4n) is 2.92. The summed E-state index contributed by atoms with van der Waals surface area (Å²) in [4.78, 5) is 12.7. The second-order valence-electron chi connectivity index (χ2n) is 6.33. The molecule has 0 unspecified atom stereocenters. The van der Waals surface area contributed by atoms with E-state index in [9.17, 15) is 4.79 Å². The van der Waals surface area contributed by atoms with Crippen molar-refractivity contribution in [1.29, 1.82) is 5.26 Å². The van der Waals surface area contributed by atoms with Crippen molar-refractivity contribution in [1.82, 2.24) is 0 Å². The van der Waals surface area contributed by atoms with Crippen molar-refractivity contribution in [2.75, 3.05) is 23.8 Å². The van der Waals surface area contributed by atoms with Gasteiger partial charge in [-0.3, -0.25) is 4.79 Å². The summed E-state index contributed by atoms with van der Waals surface area (Å²) in [5.74, 6) is 0.997. The maximum Gasteiger partial charge on any atom is 0.255 e. The van der Waals surface area contributed by atoms with E-state index in [0.29, 0.717) is 41.5 Å². The number of nitrogens with zero attached hydrogens (tertiary/aromatic N) is 1. The molecule has 0 radical (unpaired) electrons. The summed E-state index contributed by atoms with van der Waals surface area (Å²) in [5, 5.41) is 15.0. The molecule has 3 aromatic carbocycles. The highest BCUT2D eigenvalue weighted by molar-refractivity contribution is 9.10. The van der Waals surface area contributed by atoms with Gasteiger partial charge in [-0.15, -0.1) is 0 Å². The highest BCUT2D eigenvalue weighted by Crippen LogP contribution is 2.40. The van der Waals surface area contributed by atoms with Gasteiger partial charge in [-0.25, -0.2) is 0 Å². The van der Waals surface area contributed by atoms with E-state index in [4.69, 9.17) is 14.7 Å². The first kappa shape index (κ1) is 18.8. The van der Waals surface area contributed by atoms with Crippen LogP contribution >= 0.6 is 15.9 Å². The smallest absolute Gasteiger partial charge is 0.255 e. The molecule has 1 heterocycles. The van der Waals surface area contributed by atoms with E-state index >= 15 is 0 Å². The number of hydrogen-bond donors (Lipinski definition) is 2. The highest BCUT2D eigenvalue weighted by Gasteiger charge is 2.17. The Morgan fingerprint density at radius 1 is 0.966 bits per heavy atom. The van der Waals surface area contributed by atoms with Gasteiger partial charge in [0.1, 0.15) is 13.2 Å². The molecule has 1 aliphatic rings. The Morgan fingerprint density at radius 3 is 2.55 bits per heavy atom. The van der Waals surface area contributed by atoms with E-state index in [-0.39, 0.29) is 5.91 Å². The third kappa shape index (κ3) is 4.33. The van der Waals surface area contributed by atoms with Gasteiger partial charge in [0, 0.05) is 28.7 Å². The summed E-state index contributed by atoms with van der Waals surface area (Å²) in [5.41, 5.74) is 3.31. The predicted molar refractivity (Wildman–Crippen MR) is 114 cm³/mol. The Balaban J connectivity index is 1.50. The van der Waals surface area contributed by atoms with E-state index in [0.717, 1.165) is 15.8 Å². The number of nitriles is 1. The van der Waals surface area contributed by atoms with Crippen LogP contribution in [0, 0.1) is 11.3 Å². The molecule has 1 amide bonds. The molecule has 7 heteroatoms. The molecule has 144 valence electrons. The number of amides is 1. The molecule has 6 nitrogen and oxygen atoms in total. The monoisotopic (exact) mass is 449 g/mol. The van der Waals surface area contributed by atoms with Gasteiger partial charge in [0.15, 0.2) is 11.5 Å². The molecule has 0 saturated heterocycles.